The standard InChI is InChI=1S/C19H22ClFN2O2/c20-16-5-1-3-7-18(16)23-11-9-22(10-12-23)13-15(24)14-25-19-8-4-2-6-17(19)21/h1-8,15,24H,9-14H2. The molecule has 0 aliphatic carbocycles. The SMILES string of the molecule is OC(COc1ccccc1F)CN1CCN(c2ccccc2Cl)CC1. The Morgan fingerprint density at radius 3 is 2.44 bits per heavy atom. The molecule has 25 heavy (non-hydrogen) atoms. The molecule has 1 aliphatic rings. The molecule has 0 amide bonds. The average molecular weight is 365 g/mol. The van der Waals surface area contributed by atoms with Crippen molar-refractivity contribution in [2.75, 3.05) is 44.2 Å². The van der Waals surface area contributed by atoms with Gasteiger partial charge in [-0.2, -0.15) is 0 Å². The van der Waals surface area contributed by atoms with Crippen molar-refractivity contribution in [3.63, 3.8) is 0 Å². The van der Waals surface area contributed by atoms with Gasteiger partial charge in [0.15, 0.2) is 11.6 Å². The number of hydrogen-bond acceptors (Lipinski definition) is 4. The molecule has 0 aromatic heterocycles. The maximum Gasteiger partial charge on any atom is 0.165 e. The van der Waals surface area contributed by atoms with Gasteiger partial charge in [0.25, 0.3) is 0 Å². The lowest BCUT2D eigenvalue weighted by Gasteiger charge is -2.37. The summed E-state index contributed by atoms with van der Waals surface area (Å²) < 4.78 is 18.9. The Morgan fingerprint density at radius 2 is 1.72 bits per heavy atom. The molecule has 1 unspecified atom stereocenters. The largest absolute Gasteiger partial charge is 0.488 e. The molecule has 1 fully saturated rings. The van der Waals surface area contributed by atoms with E-state index in [0.29, 0.717) is 6.54 Å². The van der Waals surface area contributed by atoms with E-state index in [1.807, 2.05) is 24.3 Å². The first kappa shape index (κ1) is 18.0. The van der Waals surface area contributed by atoms with E-state index in [9.17, 15) is 9.50 Å². The molecule has 1 heterocycles. The van der Waals surface area contributed by atoms with Crippen molar-refractivity contribution in [2.45, 2.75) is 6.10 Å². The van der Waals surface area contributed by atoms with Crippen LogP contribution >= 0.6 is 11.6 Å². The summed E-state index contributed by atoms with van der Waals surface area (Å²) in [5, 5.41) is 10.9. The van der Waals surface area contributed by atoms with Crippen molar-refractivity contribution in [2.24, 2.45) is 0 Å². The maximum absolute atomic E-state index is 13.5. The Hall–Kier alpha value is -1.82. The summed E-state index contributed by atoms with van der Waals surface area (Å²) in [5.41, 5.74) is 1.05. The summed E-state index contributed by atoms with van der Waals surface area (Å²) in [6.45, 7) is 3.95. The van der Waals surface area contributed by atoms with Gasteiger partial charge in [0, 0.05) is 32.7 Å². The zero-order chi connectivity index (χ0) is 17.6. The number of β-amino-alcohol motifs (C(OH)–C–C–N with tert-alkyl or cyclic N) is 1. The van der Waals surface area contributed by atoms with Gasteiger partial charge >= 0.3 is 0 Å². The summed E-state index contributed by atoms with van der Waals surface area (Å²) in [5.74, 6) is -0.242. The van der Waals surface area contributed by atoms with Crippen LogP contribution < -0.4 is 9.64 Å². The van der Waals surface area contributed by atoms with Crippen LogP contribution in [0.4, 0.5) is 10.1 Å². The van der Waals surface area contributed by atoms with Crippen LogP contribution in [0.2, 0.25) is 5.02 Å². The van der Waals surface area contributed by atoms with E-state index in [2.05, 4.69) is 9.80 Å². The number of piperazine rings is 1. The van der Waals surface area contributed by atoms with Crippen LogP contribution in [-0.4, -0.2) is 55.4 Å². The van der Waals surface area contributed by atoms with E-state index in [-0.39, 0.29) is 12.4 Å². The molecule has 1 N–H and O–H groups in total. The van der Waals surface area contributed by atoms with Crippen molar-refractivity contribution < 1.29 is 14.2 Å². The molecule has 6 heteroatoms. The minimum Gasteiger partial charge on any atom is -0.488 e. The lowest BCUT2D eigenvalue weighted by atomic mass is 10.2. The third kappa shape index (κ3) is 4.84. The highest BCUT2D eigenvalue weighted by molar-refractivity contribution is 6.33. The first-order valence-corrected chi connectivity index (χ1v) is 8.78. The predicted octanol–water partition coefficient (Wildman–Crippen LogP) is 3.04. The molecular weight excluding hydrogens is 343 g/mol. The van der Waals surface area contributed by atoms with Crippen LogP contribution in [0.15, 0.2) is 48.5 Å². The molecule has 3 rings (SSSR count). The van der Waals surface area contributed by atoms with E-state index < -0.39 is 11.9 Å². The smallest absolute Gasteiger partial charge is 0.165 e. The van der Waals surface area contributed by atoms with Gasteiger partial charge < -0.3 is 14.7 Å². The van der Waals surface area contributed by atoms with E-state index in [1.165, 1.54) is 6.07 Å². The summed E-state index contributed by atoms with van der Waals surface area (Å²) >= 11 is 6.25. The number of aliphatic hydroxyl groups is 1. The Balaban J connectivity index is 1.44. The van der Waals surface area contributed by atoms with Gasteiger partial charge in [0.1, 0.15) is 12.7 Å². The highest BCUT2D eigenvalue weighted by Crippen LogP contribution is 2.26. The highest BCUT2D eigenvalue weighted by atomic mass is 35.5. The van der Waals surface area contributed by atoms with E-state index in [4.69, 9.17) is 16.3 Å². The van der Waals surface area contributed by atoms with Crippen molar-refractivity contribution >= 4 is 17.3 Å². The summed E-state index contributed by atoms with van der Waals surface area (Å²) in [7, 11) is 0. The predicted molar refractivity (Wildman–Crippen MR) is 98.0 cm³/mol. The van der Waals surface area contributed by atoms with Gasteiger partial charge in [-0.25, -0.2) is 4.39 Å². The lowest BCUT2D eigenvalue weighted by Crippen LogP contribution is -2.49. The van der Waals surface area contributed by atoms with Crippen molar-refractivity contribution in [1.29, 1.82) is 0 Å². The monoisotopic (exact) mass is 364 g/mol. The van der Waals surface area contributed by atoms with Gasteiger partial charge in [-0.15, -0.1) is 0 Å². The van der Waals surface area contributed by atoms with Gasteiger partial charge in [-0.05, 0) is 24.3 Å². The Kier molecular flexibility index (Phi) is 6.13. The highest BCUT2D eigenvalue weighted by Gasteiger charge is 2.21. The van der Waals surface area contributed by atoms with Crippen LogP contribution in [-0.2, 0) is 0 Å². The van der Waals surface area contributed by atoms with Gasteiger partial charge in [-0.1, -0.05) is 35.9 Å². The van der Waals surface area contributed by atoms with Crippen LogP contribution in [0, 0.1) is 5.82 Å². The van der Waals surface area contributed by atoms with Crippen LogP contribution in [0.3, 0.4) is 0 Å². The number of ether oxygens (including phenoxy) is 1. The minimum absolute atomic E-state index is 0.0751. The van der Waals surface area contributed by atoms with Crippen molar-refractivity contribution in [3.05, 3.63) is 59.4 Å². The quantitative estimate of drug-likeness (QED) is 0.854. The molecule has 134 valence electrons. The third-order valence-electron chi connectivity index (χ3n) is 4.30. The molecule has 1 saturated heterocycles. The molecule has 1 atom stereocenters. The topological polar surface area (TPSA) is 35.9 Å². The number of benzene rings is 2. The number of nitrogens with zero attached hydrogens (tertiary/aromatic N) is 2. The van der Waals surface area contributed by atoms with Gasteiger partial charge in [0.2, 0.25) is 0 Å². The van der Waals surface area contributed by atoms with E-state index in [0.717, 1.165) is 36.9 Å². The molecule has 0 spiro atoms. The first-order chi connectivity index (χ1) is 12.1. The van der Waals surface area contributed by atoms with Crippen LogP contribution in [0.25, 0.3) is 0 Å². The van der Waals surface area contributed by atoms with Crippen molar-refractivity contribution in [1.82, 2.24) is 4.90 Å². The van der Waals surface area contributed by atoms with Crippen LogP contribution in [0.1, 0.15) is 0 Å². The van der Waals surface area contributed by atoms with E-state index in [1.54, 1.807) is 18.2 Å². The molecule has 1 aliphatic heterocycles. The molecular formula is C19H22ClFN2O2. The normalized spacial score (nSPS) is 16.7. The Labute approximate surface area is 152 Å². The second-order valence-electron chi connectivity index (χ2n) is 6.13. The van der Waals surface area contributed by atoms with Crippen LogP contribution in [0.5, 0.6) is 5.75 Å². The first-order valence-electron chi connectivity index (χ1n) is 8.40. The number of halogens is 2. The number of aliphatic hydroxyl groups excluding tert-OH is 1. The summed E-state index contributed by atoms with van der Waals surface area (Å²) in [4.78, 5) is 4.43. The molecule has 2 aromatic carbocycles. The minimum atomic E-state index is -0.661. The maximum atomic E-state index is 13.5. The number of para-hydroxylation sites is 2. The zero-order valence-electron chi connectivity index (χ0n) is 13.9. The lowest BCUT2D eigenvalue weighted by molar-refractivity contribution is 0.0649. The zero-order valence-corrected chi connectivity index (χ0v) is 14.7. The summed E-state index contributed by atoms with van der Waals surface area (Å²) in [6.07, 6.45) is -0.661. The number of rotatable bonds is 6. The fourth-order valence-electron chi connectivity index (χ4n) is 2.98. The second-order valence-corrected chi connectivity index (χ2v) is 6.54. The summed E-state index contributed by atoms with van der Waals surface area (Å²) in [6, 6.07) is 14.0. The molecule has 0 bridgehead atoms. The molecule has 2 aromatic rings. The fourth-order valence-corrected chi connectivity index (χ4v) is 3.23. The van der Waals surface area contributed by atoms with E-state index >= 15 is 0 Å². The Morgan fingerprint density at radius 1 is 1.04 bits per heavy atom. The van der Waals surface area contributed by atoms with Crippen molar-refractivity contribution in [3.8, 4) is 5.75 Å². The number of anilines is 1. The molecule has 4 nitrogen and oxygen atoms in total. The fraction of sp³-hybridized carbons (Fsp3) is 0.368. The molecule has 0 saturated carbocycles. The Bertz CT molecular complexity index is 693. The van der Waals surface area contributed by atoms with Gasteiger partial charge in [0.05, 0.1) is 10.7 Å². The second kappa shape index (κ2) is 8.52. The average Bonchev–Trinajstić information content (AvgIpc) is 2.62. The number of hydrogen-bond donors (Lipinski definition) is 1. The molecule has 0 radical (unpaired) electrons. The third-order valence-corrected chi connectivity index (χ3v) is 4.62. The van der Waals surface area contributed by atoms with Gasteiger partial charge in [-0.3, -0.25) is 4.90 Å².